The van der Waals surface area contributed by atoms with E-state index in [1.807, 2.05) is 12.3 Å². The third-order valence-electron chi connectivity index (χ3n) is 4.34. The van der Waals surface area contributed by atoms with Crippen LogP contribution in [-0.4, -0.2) is 50.0 Å². The number of benzene rings is 1. The predicted octanol–water partition coefficient (Wildman–Crippen LogP) is 3.91. The van der Waals surface area contributed by atoms with Gasteiger partial charge in [0.05, 0.1) is 6.20 Å². The maximum Gasteiger partial charge on any atom is 0.511 e. The molecule has 29 heavy (non-hydrogen) atoms. The smallest absolute Gasteiger partial charge is 0.449 e. The van der Waals surface area contributed by atoms with Crippen molar-refractivity contribution >= 4 is 17.9 Å². The van der Waals surface area contributed by atoms with Crippen LogP contribution in [-0.2, 0) is 17.7 Å². The first-order valence-electron chi connectivity index (χ1n) is 9.39. The van der Waals surface area contributed by atoms with E-state index >= 15 is 0 Å². The van der Waals surface area contributed by atoms with Crippen molar-refractivity contribution in [3.05, 3.63) is 71.0 Å². The number of rotatable bonds is 10. The lowest BCUT2D eigenvalue weighted by molar-refractivity contribution is 0.119. The largest absolute Gasteiger partial charge is 0.511 e. The molecule has 0 unspecified atom stereocenters. The Morgan fingerprint density at radius 3 is 2.79 bits per heavy atom. The third-order valence-corrected chi connectivity index (χ3v) is 5.56. The highest BCUT2D eigenvalue weighted by Crippen LogP contribution is 2.30. The molecule has 2 heterocycles. The molecule has 0 atom stereocenters. The number of aryl methyl sites for hydroxylation is 2. The van der Waals surface area contributed by atoms with Crippen LogP contribution in [0.15, 0.2) is 59.6 Å². The van der Waals surface area contributed by atoms with Gasteiger partial charge in [-0.25, -0.2) is 9.18 Å². The molecule has 0 saturated heterocycles. The van der Waals surface area contributed by atoms with Crippen LogP contribution in [0.4, 0.5) is 9.18 Å². The number of aromatic nitrogens is 3. The van der Waals surface area contributed by atoms with E-state index in [1.54, 1.807) is 40.8 Å². The van der Waals surface area contributed by atoms with Gasteiger partial charge in [-0.05, 0) is 48.8 Å². The van der Waals surface area contributed by atoms with Crippen LogP contribution in [0.25, 0.3) is 0 Å². The van der Waals surface area contributed by atoms with Crippen LogP contribution < -0.4 is 0 Å². The van der Waals surface area contributed by atoms with Crippen LogP contribution >= 0.6 is 11.8 Å². The summed E-state index contributed by atoms with van der Waals surface area (Å²) in [6.45, 7) is 2.18. The van der Waals surface area contributed by atoms with Crippen molar-refractivity contribution in [2.24, 2.45) is 0 Å². The van der Waals surface area contributed by atoms with Crippen molar-refractivity contribution in [2.45, 2.75) is 25.8 Å². The summed E-state index contributed by atoms with van der Waals surface area (Å²) < 4.78 is 19.8. The Bertz CT molecular complexity index is 853. The number of carboxylic acid groups (broad SMARTS) is 1. The molecule has 9 heteroatoms. The lowest BCUT2D eigenvalue weighted by Crippen LogP contribution is -2.28. The highest BCUT2D eigenvalue weighted by molar-refractivity contribution is 8.03. The molecule has 3 rings (SSSR count). The molecule has 0 spiro atoms. The Hall–Kier alpha value is -2.81. The molecule has 0 fully saturated rings. The number of nitrogens with zero attached hydrogens (tertiary/aromatic N) is 4. The average Bonchev–Trinajstić information content (AvgIpc) is 3.21. The number of ether oxygens (including phenoxy) is 1. The minimum atomic E-state index is -1.32. The van der Waals surface area contributed by atoms with Crippen LogP contribution in [0.1, 0.15) is 18.4 Å². The second kappa shape index (κ2) is 10.7. The van der Waals surface area contributed by atoms with E-state index in [4.69, 9.17) is 9.84 Å². The second-order valence-electron chi connectivity index (χ2n) is 6.48. The summed E-state index contributed by atoms with van der Waals surface area (Å²) in [6, 6.07) is 6.51. The lowest BCUT2D eigenvalue weighted by Gasteiger charge is -2.29. The molecule has 2 aromatic rings. The molecule has 154 valence electrons. The molecule has 0 bridgehead atoms. The molecule has 0 amide bonds. The van der Waals surface area contributed by atoms with Gasteiger partial charge in [0, 0.05) is 25.8 Å². The van der Waals surface area contributed by atoms with E-state index < -0.39 is 6.16 Å². The van der Waals surface area contributed by atoms with Crippen molar-refractivity contribution < 1.29 is 19.0 Å². The van der Waals surface area contributed by atoms with Crippen molar-refractivity contribution in [3.63, 3.8) is 0 Å². The predicted molar refractivity (Wildman–Crippen MR) is 109 cm³/mol. The van der Waals surface area contributed by atoms with E-state index in [0.717, 1.165) is 48.7 Å². The normalized spacial score (nSPS) is 13.8. The molecule has 0 radical (unpaired) electrons. The first-order chi connectivity index (χ1) is 14.1. The summed E-state index contributed by atoms with van der Waals surface area (Å²) in [6.07, 6.45) is 8.31. The van der Waals surface area contributed by atoms with Crippen molar-refractivity contribution in [2.75, 3.05) is 18.8 Å². The Morgan fingerprint density at radius 2 is 2.07 bits per heavy atom. The minimum absolute atomic E-state index is 0.237. The van der Waals surface area contributed by atoms with Gasteiger partial charge < -0.3 is 14.7 Å². The zero-order valence-electron chi connectivity index (χ0n) is 15.9. The van der Waals surface area contributed by atoms with Gasteiger partial charge in [0.2, 0.25) is 0 Å². The summed E-state index contributed by atoms with van der Waals surface area (Å²) in [5.41, 5.74) is 1.08. The van der Waals surface area contributed by atoms with E-state index in [0.29, 0.717) is 12.3 Å². The summed E-state index contributed by atoms with van der Waals surface area (Å²) in [4.78, 5) is 13.2. The van der Waals surface area contributed by atoms with Gasteiger partial charge in [-0.2, -0.15) is 0 Å². The van der Waals surface area contributed by atoms with Gasteiger partial charge in [-0.15, -0.1) is 16.9 Å². The van der Waals surface area contributed by atoms with Crippen LogP contribution in [0, 0.1) is 5.82 Å². The molecule has 7 nitrogen and oxygen atoms in total. The maximum absolute atomic E-state index is 13.0. The minimum Gasteiger partial charge on any atom is -0.449 e. The first kappa shape index (κ1) is 20.9. The van der Waals surface area contributed by atoms with Gasteiger partial charge in [-0.1, -0.05) is 23.4 Å². The fourth-order valence-corrected chi connectivity index (χ4v) is 4.08. The van der Waals surface area contributed by atoms with Crippen molar-refractivity contribution in [1.29, 1.82) is 0 Å². The third kappa shape index (κ3) is 6.63. The fraction of sp³-hybridized carbons (Fsp3) is 0.350. The summed E-state index contributed by atoms with van der Waals surface area (Å²) in [5.74, 6) is 0.919. The highest BCUT2D eigenvalue weighted by Gasteiger charge is 2.20. The zero-order valence-corrected chi connectivity index (χ0v) is 16.7. The van der Waals surface area contributed by atoms with Gasteiger partial charge in [0.25, 0.3) is 0 Å². The topological polar surface area (TPSA) is 80.5 Å². The van der Waals surface area contributed by atoms with Crippen molar-refractivity contribution in [1.82, 2.24) is 19.9 Å². The summed E-state index contributed by atoms with van der Waals surface area (Å²) in [7, 11) is 0. The Labute approximate surface area is 172 Å². The summed E-state index contributed by atoms with van der Waals surface area (Å²) in [5, 5.41) is 17.6. The quantitative estimate of drug-likeness (QED) is 0.463. The monoisotopic (exact) mass is 418 g/mol. The summed E-state index contributed by atoms with van der Waals surface area (Å²) >= 11 is 1.58. The molecule has 1 aliphatic rings. The van der Waals surface area contributed by atoms with Gasteiger partial charge in [0.15, 0.2) is 5.76 Å². The van der Waals surface area contributed by atoms with E-state index in [2.05, 4.69) is 15.2 Å². The Balaban J connectivity index is 1.56. The average molecular weight is 418 g/mol. The molecule has 1 aliphatic heterocycles. The zero-order chi connectivity index (χ0) is 20.5. The maximum atomic E-state index is 13.0. The number of allylic oxidation sites excluding steroid dienone is 1. The van der Waals surface area contributed by atoms with Crippen LogP contribution in [0.5, 0.6) is 0 Å². The second-order valence-corrected chi connectivity index (χ2v) is 7.57. The Kier molecular flexibility index (Phi) is 7.69. The molecule has 0 saturated carbocycles. The van der Waals surface area contributed by atoms with E-state index in [9.17, 15) is 9.18 Å². The molecular weight excluding hydrogens is 395 g/mol. The molecule has 1 aromatic heterocycles. The number of hydrogen-bond donors (Lipinski definition) is 1. The van der Waals surface area contributed by atoms with Gasteiger partial charge in [0.1, 0.15) is 10.8 Å². The number of thioether (sulfide) groups is 1. The van der Waals surface area contributed by atoms with E-state index in [1.165, 1.54) is 12.1 Å². The molecule has 0 aliphatic carbocycles. The number of carbonyl (C=O) groups is 1. The van der Waals surface area contributed by atoms with Gasteiger partial charge in [-0.3, -0.25) is 4.68 Å². The lowest BCUT2D eigenvalue weighted by atomic mass is 10.1. The standard InChI is InChI=1S/C20H23FN4O3S/c21-17-8-6-16(7-9-17)4-2-15-29-19-18(28-20(26)27)5-1-11-24(19)12-3-13-25-14-10-22-23-25/h1,5-10,14H,2-4,11-13,15H2,(H,26,27). The molecular formula is C20H23FN4O3S. The van der Waals surface area contributed by atoms with Crippen molar-refractivity contribution in [3.8, 4) is 0 Å². The van der Waals surface area contributed by atoms with Gasteiger partial charge >= 0.3 is 6.16 Å². The molecule has 1 aromatic carbocycles. The van der Waals surface area contributed by atoms with E-state index in [-0.39, 0.29) is 5.82 Å². The Morgan fingerprint density at radius 1 is 1.24 bits per heavy atom. The fourth-order valence-electron chi connectivity index (χ4n) is 3.00. The molecule has 1 N–H and O–H groups in total. The number of halogens is 1. The highest BCUT2D eigenvalue weighted by atomic mass is 32.2. The van der Waals surface area contributed by atoms with Crippen LogP contribution in [0.2, 0.25) is 0 Å². The number of hydrogen-bond acceptors (Lipinski definition) is 6. The van der Waals surface area contributed by atoms with Crippen LogP contribution in [0.3, 0.4) is 0 Å². The first-order valence-corrected chi connectivity index (χ1v) is 10.4. The SMILES string of the molecule is O=C(O)OC1=C(SCCCc2ccc(F)cc2)N(CCCn2ccnn2)CC=C1.